The number of benzene rings is 1. The van der Waals surface area contributed by atoms with Crippen molar-refractivity contribution in [3.05, 3.63) is 29.6 Å². The quantitative estimate of drug-likeness (QED) is 0.826. The number of nitrogen functional groups attached to an aromatic ring is 1. The fourth-order valence-electron chi connectivity index (χ4n) is 1.29. The van der Waals surface area contributed by atoms with Crippen LogP contribution in [0.5, 0.6) is 0 Å². The van der Waals surface area contributed by atoms with E-state index in [0.29, 0.717) is 22.9 Å². The van der Waals surface area contributed by atoms with Crippen LogP contribution in [0.4, 0.5) is 10.1 Å². The average molecular weight is 243 g/mol. The minimum Gasteiger partial charge on any atom is -0.398 e. The molecule has 0 spiro atoms. The van der Waals surface area contributed by atoms with Gasteiger partial charge in [0.05, 0.1) is 5.75 Å². The van der Waals surface area contributed by atoms with Gasteiger partial charge in [-0.05, 0) is 29.7 Å². The highest BCUT2D eigenvalue weighted by Crippen LogP contribution is 2.19. The van der Waals surface area contributed by atoms with Gasteiger partial charge in [-0.25, -0.2) is 4.39 Å². The fraction of sp³-hybridized carbons (Fsp3) is 0.500. The normalized spacial score (nSPS) is 15.1. The molecule has 0 aliphatic heterocycles. The first kappa shape index (κ1) is 13.2. The number of halogens is 1. The lowest BCUT2D eigenvalue weighted by molar-refractivity contribution is 0.604. The van der Waals surface area contributed by atoms with Crippen LogP contribution in [0.25, 0.3) is 0 Å². The van der Waals surface area contributed by atoms with Crippen molar-refractivity contribution in [2.24, 2.45) is 5.92 Å². The van der Waals surface area contributed by atoms with Gasteiger partial charge in [-0.3, -0.25) is 4.21 Å². The summed E-state index contributed by atoms with van der Waals surface area (Å²) >= 11 is 0. The van der Waals surface area contributed by atoms with E-state index < -0.39 is 10.8 Å². The number of rotatable bonds is 4. The van der Waals surface area contributed by atoms with Gasteiger partial charge >= 0.3 is 0 Å². The van der Waals surface area contributed by atoms with E-state index in [0.717, 1.165) is 0 Å². The van der Waals surface area contributed by atoms with Crippen LogP contribution in [-0.4, -0.2) is 9.46 Å². The molecule has 0 radical (unpaired) electrons. The van der Waals surface area contributed by atoms with Crippen LogP contribution in [0, 0.1) is 11.7 Å². The molecular weight excluding hydrogens is 225 g/mol. The molecule has 0 aliphatic rings. The van der Waals surface area contributed by atoms with Gasteiger partial charge in [0, 0.05) is 21.7 Å². The molecule has 1 aromatic carbocycles. The molecule has 16 heavy (non-hydrogen) atoms. The van der Waals surface area contributed by atoms with Crippen LogP contribution in [0.3, 0.4) is 0 Å². The Bertz CT molecular complexity index is 393. The van der Waals surface area contributed by atoms with Gasteiger partial charge in [0.2, 0.25) is 0 Å². The van der Waals surface area contributed by atoms with E-state index in [9.17, 15) is 8.60 Å². The molecule has 0 aromatic heterocycles. The Morgan fingerprint density at radius 1 is 1.38 bits per heavy atom. The van der Waals surface area contributed by atoms with E-state index in [-0.39, 0.29) is 11.1 Å². The number of hydrogen-bond donors (Lipinski definition) is 1. The molecule has 2 nitrogen and oxygen atoms in total. The first-order valence-corrected chi connectivity index (χ1v) is 6.71. The summed E-state index contributed by atoms with van der Waals surface area (Å²) in [5.41, 5.74) is 6.85. The van der Waals surface area contributed by atoms with Crippen molar-refractivity contribution in [3.63, 3.8) is 0 Å². The van der Waals surface area contributed by atoms with Crippen molar-refractivity contribution < 1.29 is 8.60 Å². The predicted octanol–water partition coefficient (Wildman–Crippen LogP) is 2.70. The van der Waals surface area contributed by atoms with E-state index in [4.69, 9.17) is 5.73 Å². The molecule has 0 fully saturated rings. The smallest absolute Gasteiger partial charge is 0.123 e. The number of hydrogen-bond acceptors (Lipinski definition) is 2. The van der Waals surface area contributed by atoms with Gasteiger partial charge in [0.1, 0.15) is 5.82 Å². The third-order valence-electron chi connectivity index (χ3n) is 2.76. The fourth-order valence-corrected chi connectivity index (χ4v) is 2.71. The second-order valence-corrected chi connectivity index (χ2v) is 6.11. The molecule has 0 amide bonds. The molecular formula is C12H18FNOS. The predicted molar refractivity (Wildman–Crippen MR) is 67.0 cm³/mol. The topological polar surface area (TPSA) is 43.1 Å². The Morgan fingerprint density at radius 2 is 2.00 bits per heavy atom. The third kappa shape index (κ3) is 3.30. The van der Waals surface area contributed by atoms with Gasteiger partial charge in [-0.15, -0.1) is 0 Å². The molecule has 0 aliphatic carbocycles. The molecule has 2 N–H and O–H groups in total. The molecule has 4 heteroatoms. The second kappa shape index (κ2) is 5.43. The first-order chi connectivity index (χ1) is 7.41. The van der Waals surface area contributed by atoms with Gasteiger partial charge < -0.3 is 5.73 Å². The zero-order valence-electron chi connectivity index (χ0n) is 9.87. The third-order valence-corrected chi connectivity index (χ3v) is 4.73. The van der Waals surface area contributed by atoms with Crippen molar-refractivity contribution in [1.82, 2.24) is 0 Å². The Labute approximate surface area is 98.5 Å². The molecule has 1 rings (SSSR count). The maximum absolute atomic E-state index is 13.0. The summed E-state index contributed by atoms with van der Waals surface area (Å²) in [6.45, 7) is 5.99. The molecule has 0 saturated carbocycles. The largest absolute Gasteiger partial charge is 0.398 e. The van der Waals surface area contributed by atoms with Gasteiger partial charge in [-0.2, -0.15) is 0 Å². The van der Waals surface area contributed by atoms with Crippen molar-refractivity contribution in [2.75, 3.05) is 5.73 Å². The molecule has 90 valence electrons. The Morgan fingerprint density at radius 3 is 2.56 bits per heavy atom. The van der Waals surface area contributed by atoms with Crippen molar-refractivity contribution in [3.8, 4) is 0 Å². The van der Waals surface area contributed by atoms with Crippen LogP contribution < -0.4 is 5.73 Å². The van der Waals surface area contributed by atoms with E-state index in [1.165, 1.54) is 18.2 Å². The molecule has 0 bridgehead atoms. The monoisotopic (exact) mass is 243 g/mol. The lowest BCUT2D eigenvalue weighted by Crippen LogP contribution is -2.19. The highest BCUT2D eigenvalue weighted by molar-refractivity contribution is 7.84. The minimum absolute atomic E-state index is 0.0858. The Kier molecular flexibility index (Phi) is 4.47. The van der Waals surface area contributed by atoms with Crippen LogP contribution in [0.1, 0.15) is 26.3 Å². The lowest BCUT2D eigenvalue weighted by Gasteiger charge is -2.15. The van der Waals surface area contributed by atoms with E-state index >= 15 is 0 Å². The van der Waals surface area contributed by atoms with E-state index in [2.05, 4.69) is 0 Å². The number of nitrogens with two attached hydrogens (primary N) is 1. The van der Waals surface area contributed by atoms with E-state index in [1.54, 1.807) is 0 Å². The molecule has 2 unspecified atom stereocenters. The van der Waals surface area contributed by atoms with Crippen LogP contribution >= 0.6 is 0 Å². The maximum Gasteiger partial charge on any atom is 0.123 e. The maximum atomic E-state index is 13.0. The summed E-state index contributed by atoms with van der Waals surface area (Å²) in [7, 11) is -1.01. The van der Waals surface area contributed by atoms with Crippen molar-refractivity contribution >= 4 is 16.5 Å². The summed E-state index contributed by atoms with van der Waals surface area (Å²) in [6, 6.07) is 4.19. The van der Waals surface area contributed by atoms with Gasteiger partial charge in [0.25, 0.3) is 0 Å². The summed E-state index contributed by atoms with van der Waals surface area (Å²) in [4.78, 5) is 0. The van der Waals surface area contributed by atoms with Crippen LogP contribution in [-0.2, 0) is 16.6 Å². The Hall–Kier alpha value is -0.900. The van der Waals surface area contributed by atoms with E-state index in [1.807, 2.05) is 20.8 Å². The molecule has 1 aromatic rings. The van der Waals surface area contributed by atoms with Gasteiger partial charge in [0.15, 0.2) is 0 Å². The van der Waals surface area contributed by atoms with Crippen molar-refractivity contribution in [2.45, 2.75) is 31.8 Å². The molecule has 0 heterocycles. The van der Waals surface area contributed by atoms with Crippen molar-refractivity contribution in [1.29, 1.82) is 0 Å². The molecule has 2 atom stereocenters. The second-order valence-electron chi connectivity index (χ2n) is 4.32. The Balaban J connectivity index is 2.80. The zero-order chi connectivity index (χ0) is 12.3. The summed E-state index contributed by atoms with van der Waals surface area (Å²) < 4.78 is 25.0. The van der Waals surface area contributed by atoms with Crippen LogP contribution in [0.2, 0.25) is 0 Å². The SMILES string of the molecule is CC(C)C(C)S(=O)Cc1cc(F)ccc1N. The summed E-state index contributed by atoms with van der Waals surface area (Å²) in [5, 5.41) is 0.0858. The van der Waals surface area contributed by atoms with Gasteiger partial charge in [-0.1, -0.05) is 20.8 Å². The lowest BCUT2D eigenvalue weighted by atomic mass is 10.2. The highest BCUT2D eigenvalue weighted by atomic mass is 32.2. The first-order valence-electron chi connectivity index (χ1n) is 5.33. The standard InChI is InChI=1S/C12H18FNOS/c1-8(2)9(3)16(15)7-10-6-11(13)4-5-12(10)14/h4-6,8-9H,7,14H2,1-3H3. The number of anilines is 1. The summed E-state index contributed by atoms with van der Waals surface area (Å²) in [6.07, 6.45) is 0. The van der Waals surface area contributed by atoms with Crippen LogP contribution in [0.15, 0.2) is 18.2 Å². The minimum atomic E-state index is -1.01. The zero-order valence-corrected chi connectivity index (χ0v) is 10.7. The summed E-state index contributed by atoms with van der Waals surface area (Å²) in [5.74, 6) is 0.331. The molecule has 0 saturated heterocycles. The highest BCUT2D eigenvalue weighted by Gasteiger charge is 2.16. The average Bonchev–Trinajstić information content (AvgIpc) is 2.22.